The van der Waals surface area contributed by atoms with Crippen LogP contribution in [-0.4, -0.2) is 61.3 Å². The third kappa shape index (κ3) is 6.92. The van der Waals surface area contributed by atoms with Crippen molar-refractivity contribution in [2.45, 2.75) is 122 Å². The summed E-state index contributed by atoms with van der Waals surface area (Å²) in [6.45, 7) is 6.87. The van der Waals surface area contributed by atoms with Crippen molar-refractivity contribution in [2.24, 2.45) is 11.8 Å². The lowest BCUT2D eigenvalue weighted by atomic mass is 9.56. The summed E-state index contributed by atoms with van der Waals surface area (Å²) in [6, 6.07) is 6.17. The van der Waals surface area contributed by atoms with Crippen LogP contribution in [0.5, 0.6) is 5.75 Å². The largest absolute Gasteiger partial charge is 0.497 e. The lowest BCUT2D eigenvalue weighted by Crippen LogP contribution is -2.67. The van der Waals surface area contributed by atoms with Crippen molar-refractivity contribution in [1.82, 2.24) is 9.88 Å². The van der Waals surface area contributed by atoms with Gasteiger partial charge >= 0.3 is 11.9 Å². The minimum Gasteiger partial charge on any atom is -0.497 e. The van der Waals surface area contributed by atoms with Gasteiger partial charge in [0.25, 0.3) is 0 Å². The number of piperidine rings is 2. The molecule has 6 rings (SSSR count). The van der Waals surface area contributed by atoms with Crippen LogP contribution in [0.4, 0.5) is 0 Å². The lowest BCUT2D eigenvalue weighted by molar-refractivity contribution is -0.166. The van der Waals surface area contributed by atoms with Gasteiger partial charge in [0.2, 0.25) is 0 Å². The Bertz CT molecular complexity index is 1220. The van der Waals surface area contributed by atoms with E-state index in [1.54, 1.807) is 7.11 Å². The minimum atomic E-state index is -0.736. The predicted molar refractivity (Wildman–Crippen MR) is 170 cm³/mol. The maximum atomic E-state index is 14.1. The van der Waals surface area contributed by atoms with Crippen molar-refractivity contribution in [3.05, 3.63) is 29.5 Å². The molecule has 1 aromatic carbocycles. The second-order valence-corrected chi connectivity index (χ2v) is 13.3. The molecular formula is C36H54N2O5. The third-order valence-corrected chi connectivity index (χ3v) is 10.4. The molecule has 7 nitrogen and oxygen atoms in total. The molecule has 4 unspecified atom stereocenters. The number of esters is 2. The Kier molecular flexibility index (Phi) is 11.1. The SMILES string of the molecule is CCCCCCCCCCCCC(=O)OCCC1C[C@@H]2CN3CCc4c([nH]c5ccc(OC)cc45)C(C(=O)OCC)(C2)C13. The average Bonchev–Trinajstić information content (AvgIpc) is 3.34. The first-order valence-corrected chi connectivity index (χ1v) is 17.3. The first-order chi connectivity index (χ1) is 21.0. The van der Waals surface area contributed by atoms with Crippen molar-refractivity contribution in [3.63, 3.8) is 0 Å². The molecule has 2 saturated heterocycles. The summed E-state index contributed by atoms with van der Waals surface area (Å²) in [5.41, 5.74) is 2.56. The van der Waals surface area contributed by atoms with Gasteiger partial charge in [-0.3, -0.25) is 14.5 Å². The van der Waals surface area contributed by atoms with Crippen molar-refractivity contribution in [2.75, 3.05) is 33.4 Å². The molecule has 0 spiro atoms. The summed E-state index contributed by atoms with van der Waals surface area (Å²) in [5, 5.41) is 1.14. The van der Waals surface area contributed by atoms with Crippen LogP contribution in [0.1, 0.15) is 115 Å². The Morgan fingerprint density at radius 1 is 1.00 bits per heavy atom. The topological polar surface area (TPSA) is 80.9 Å². The molecule has 4 aliphatic rings. The van der Waals surface area contributed by atoms with Crippen molar-refractivity contribution in [1.29, 1.82) is 0 Å². The fourth-order valence-electron chi connectivity index (χ4n) is 8.54. The number of aromatic nitrogens is 1. The monoisotopic (exact) mass is 594 g/mol. The van der Waals surface area contributed by atoms with Crippen LogP contribution >= 0.6 is 0 Å². The van der Waals surface area contributed by atoms with Gasteiger partial charge in [-0.1, -0.05) is 64.7 Å². The van der Waals surface area contributed by atoms with Gasteiger partial charge in [-0.2, -0.15) is 0 Å². The number of rotatable bonds is 17. The Hall–Kier alpha value is -2.54. The first kappa shape index (κ1) is 31.9. The van der Waals surface area contributed by atoms with Gasteiger partial charge < -0.3 is 19.2 Å². The number of unbranched alkanes of at least 4 members (excludes halogenated alkanes) is 9. The van der Waals surface area contributed by atoms with Crippen LogP contribution in [0.3, 0.4) is 0 Å². The Labute approximate surface area is 258 Å². The molecule has 1 N–H and O–H groups in total. The number of methoxy groups -OCH3 is 1. The molecule has 0 amide bonds. The number of nitrogens with one attached hydrogen (secondary N) is 1. The number of nitrogens with zero attached hydrogens (tertiary/aromatic N) is 1. The van der Waals surface area contributed by atoms with Crippen molar-refractivity contribution >= 4 is 22.8 Å². The van der Waals surface area contributed by atoms with Gasteiger partial charge in [0.05, 0.1) is 20.3 Å². The second kappa shape index (κ2) is 15.0. The van der Waals surface area contributed by atoms with Crippen LogP contribution in [0, 0.1) is 11.8 Å². The highest BCUT2D eigenvalue weighted by Crippen LogP contribution is 2.55. The molecule has 0 radical (unpaired) electrons. The summed E-state index contributed by atoms with van der Waals surface area (Å²) in [6.07, 6.45) is 16.6. The minimum absolute atomic E-state index is 0.0356. The van der Waals surface area contributed by atoms with Crippen LogP contribution in [0.15, 0.2) is 18.2 Å². The van der Waals surface area contributed by atoms with Gasteiger partial charge in [0.15, 0.2) is 0 Å². The highest BCUT2D eigenvalue weighted by atomic mass is 16.5. The van der Waals surface area contributed by atoms with E-state index in [2.05, 4.69) is 28.9 Å². The van der Waals surface area contributed by atoms with Crippen molar-refractivity contribution in [3.8, 4) is 5.75 Å². The molecule has 2 aromatic rings. The summed E-state index contributed by atoms with van der Waals surface area (Å²) in [5.74, 6) is 1.32. The number of carbonyl (C=O) groups is 2. The lowest BCUT2D eigenvalue weighted by Gasteiger charge is -2.58. The standard InChI is InChI=1S/C36H54N2O5/c1-4-6-7-8-9-10-11-12-13-14-15-32(39)43-21-19-27-22-26-24-36(35(40)42-5-2)33-29(18-20-38(25-26)34(27)36)30-23-28(41-3)16-17-31(30)37-33/h16-17,23,26-27,34,37H,4-15,18-22,24-25H2,1-3H3/t26-,27?,34?,36?/m0/s1. The Balaban J connectivity index is 1.20. The highest BCUT2D eigenvalue weighted by Gasteiger charge is 2.63. The number of aromatic amines is 1. The van der Waals surface area contributed by atoms with E-state index >= 15 is 0 Å². The number of fused-ring (bicyclic) bond motifs is 4. The second-order valence-electron chi connectivity index (χ2n) is 13.3. The molecule has 5 atom stereocenters. The Morgan fingerprint density at radius 3 is 2.47 bits per heavy atom. The molecule has 238 valence electrons. The zero-order chi connectivity index (χ0) is 30.2. The molecule has 4 heterocycles. The molecule has 1 aromatic heterocycles. The third-order valence-electron chi connectivity index (χ3n) is 10.4. The first-order valence-electron chi connectivity index (χ1n) is 17.3. The van der Waals surface area contributed by atoms with Gasteiger partial charge in [-0.05, 0) is 74.6 Å². The molecule has 3 fully saturated rings. The maximum Gasteiger partial charge on any atom is 0.319 e. The van der Waals surface area contributed by atoms with Crippen LogP contribution in [0.2, 0.25) is 0 Å². The molecule has 3 aliphatic heterocycles. The number of benzene rings is 1. The van der Waals surface area contributed by atoms with Gasteiger partial charge in [-0.25, -0.2) is 0 Å². The summed E-state index contributed by atoms with van der Waals surface area (Å²) >= 11 is 0. The van der Waals surface area contributed by atoms with E-state index in [4.69, 9.17) is 14.2 Å². The summed E-state index contributed by atoms with van der Waals surface area (Å²) in [4.78, 5) is 32.9. The number of hydrogen-bond acceptors (Lipinski definition) is 6. The predicted octanol–water partition coefficient (Wildman–Crippen LogP) is 7.49. The molecule has 1 saturated carbocycles. The quantitative estimate of drug-likeness (QED) is 0.151. The van der Waals surface area contributed by atoms with Gasteiger partial charge in [0.1, 0.15) is 11.2 Å². The van der Waals surface area contributed by atoms with Crippen LogP contribution < -0.4 is 4.74 Å². The summed E-state index contributed by atoms with van der Waals surface area (Å²) in [7, 11) is 1.69. The smallest absolute Gasteiger partial charge is 0.319 e. The fraction of sp³-hybridized carbons (Fsp3) is 0.722. The normalized spacial score (nSPS) is 25.7. The average molecular weight is 595 g/mol. The van der Waals surface area contributed by atoms with E-state index in [0.29, 0.717) is 25.6 Å². The number of ether oxygens (including phenoxy) is 3. The van der Waals surface area contributed by atoms with Gasteiger partial charge in [-0.15, -0.1) is 0 Å². The fourth-order valence-corrected chi connectivity index (χ4v) is 8.54. The maximum absolute atomic E-state index is 14.1. The number of hydrogen-bond donors (Lipinski definition) is 1. The van der Waals surface area contributed by atoms with E-state index in [1.807, 2.05) is 13.0 Å². The number of H-pyrrole nitrogens is 1. The molecule has 1 aliphatic carbocycles. The molecular weight excluding hydrogens is 540 g/mol. The van der Waals surface area contributed by atoms with E-state index in [1.165, 1.54) is 56.9 Å². The van der Waals surface area contributed by atoms with Gasteiger partial charge in [0, 0.05) is 42.1 Å². The zero-order valence-electron chi connectivity index (χ0n) is 26.9. The summed E-state index contributed by atoms with van der Waals surface area (Å²) < 4.78 is 17.2. The number of carbonyl (C=O) groups excluding carboxylic acids is 2. The zero-order valence-corrected chi connectivity index (χ0v) is 26.9. The molecule has 4 bridgehead atoms. The van der Waals surface area contributed by atoms with E-state index in [0.717, 1.165) is 74.0 Å². The molecule has 7 heteroatoms. The van der Waals surface area contributed by atoms with E-state index in [-0.39, 0.29) is 23.9 Å². The van der Waals surface area contributed by atoms with Crippen LogP contribution in [0.25, 0.3) is 10.9 Å². The highest BCUT2D eigenvalue weighted by molar-refractivity contribution is 5.92. The molecule has 43 heavy (non-hydrogen) atoms. The Morgan fingerprint density at radius 2 is 1.74 bits per heavy atom. The van der Waals surface area contributed by atoms with Crippen molar-refractivity contribution < 1.29 is 23.8 Å². The van der Waals surface area contributed by atoms with E-state index in [9.17, 15) is 9.59 Å². The van der Waals surface area contributed by atoms with E-state index < -0.39 is 5.41 Å². The van der Waals surface area contributed by atoms with Crippen LogP contribution in [-0.2, 0) is 30.9 Å².